The maximum Gasteiger partial charge on any atom is 0.253 e. The fourth-order valence-corrected chi connectivity index (χ4v) is 4.22. The lowest BCUT2D eigenvalue weighted by atomic mass is 10.0. The van der Waals surface area contributed by atoms with E-state index in [0.717, 1.165) is 0 Å². The molecule has 1 fully saturated rings. The van der Waals surface area contributed by atoms with Gasteiger partial charge in [0.05, 0.1) is 4.90 Å². The third kappa shape index (κ3) is 4.24. The van der Waals surface area contributed by atoms with Crippen molar-refractivity contribution >= 4 is 15.9 Å². The Bertz CT molecular complexity index is 848. The summed E-state index contributed by atoms with van der Waals surface area (Å²) in [5.41, 5.74) is 0.309. The van der Waals surface area contributed by atoms with Crippen molar-refractivity contribution in [1.29, 1.82) is 0 Å². The van der Waals surface area contributed by atoms with E-state index in [1.165, 1.54) is 18.2 Å². The van der Waals surface area contributed by atoms with Crippen LogP contribution in [0, 0.1) is 5.82 Å². The van der Waals surface area contributed by atoms with Crippen LogP contribution in [-0.4, -0.2) is 38.4 Å². The number of halogens is 1. The van der Waals surface area contributed by atoms with Crippen LogP contribution in [0.1, 0.15) is 23.2 Å². The van der Waals surface area contributed by atoms with Crippen molar-refractivity contribution in [2.45, 2.75) is 23.8 Å². The molecule has 0 spiro atoms. The predicted octanol–water partition coefficient (Wildman–Crippen LogP) is 2.41. The summed E-state index contributed by atoms with van der Waals surface area (Å²) >= 11 is 0. The number of nitrogens with one attached hydrogen (secondary N) is 1. The number of hydrogen-bond donors (Lipinski definition) is 1. The van der Waals surface area contributed by atoms with Crippen LogP contribution < -0.4 is 4.72 Å². The van der Waals surface area contributed by atoms with E-state index >= 15 is 0 Å². The first-order valence-corrected chi connectivity index (χ1v) is 9.56. The van der Waals surface area contributed by atoms with Gasteiger partial charge in [-0.15, -0.1) is 0 Å². The standard InChI is InChI=1S/C18H19FN2O3S/c19-15-6-4-5-14(13-15)18(22)21-11-9-16(10-12-21)20-25(23,24)17-7-2-1-3-8-17/h1-8,13,16,20H,9-12H2. The van der Waals surface area contributed by atoms with Crippen molar-refractivity contribution in [3.63, 3.8) is 0 Å². The van der Waals surface area contributed by atoms with Crippen molar-refractivity contribution < 1.29 is 17.6 Å². The number of likely N-dealkylation sites (tertiary alicyclic amines) is 1. The lowest BCUT2D eigenvalue weighted by Gasteiger charge is -2.32. The molecule has 25 heavy (non-hydrogen) atoms. The highest BCUT2D eigenvalue weighted by Gasteiger charge is 2.27. The highest BCUT2D eigenvalue weighted by Crippen LogP contribution is 2.17. The zero-order chi connectivity index (χ0) is 17.9. The van der Waals surface area contributed by atoms with E-state index in [0.29, 0.717) is 31.5 Å². The largest absolute Gasteiger partial charge is 0.339 e. The molecular formula is C18H19FN2O3S. The maximum absolute atomic E-state index is 13.3. The number of hydrogen-bond acceptors (Lipinski definition) is 3. The highest BCUT2D eigenvalue weighted by atomic mass is 32.2. The number of amides is 1. The third-order valence-electron chi connectivity index (χ3n) is 4.23. The fraction of sp³-hybridized carbons (Fsp3) is 0.278. The van der Waals surface area contributed by atoms with Gasteiger partial charge in [0.1, 0.15) is 5.82 Å². The van der Waals surface area contributed by atoms with Crippen molar-refractivity contribution in [3.8, 4) is 0 Å². The summed E-state index contributed by atoms with van der Waals surface area (Å²) in [5.74, 6) is -0.680. The average molecular weight is 362 g/mol. The highest BCUT2D eigenvalue weighted by molar-refractivity contribution is 7.89. The smallest absolute Gasteiger partial charge is 0.253 e. The van der Waals surface area contributed by atoms with Gasteiger partial charge in [-0.1, -0.05) is 24.3 Å². The van der Waals surface area contributed by atoms with E-state index in [1.54, 1.807) is 41.3 Å². The molecule has 0 aliphatic carbocycles. The third-order valence-corrected chi connectivity index (χ3v) is 5.77. The molecule has 5 nitrogen and oxygen atoms in total. The van der Waals surface area contributed by atoms with Gasteiger partial charge in [-0.3, -0.25) is 4.79 Å². The second-order valence-electron chi connectivity index (χ2n) is 6.01. The van der Waals surface area contributed by atoms with Crippen LogP contribution >= 0.6 is 0 Å². The number of piperidine rings is 1. The minimum Gasteiger partial charge on any atom is -0.339 e. The molecule has 1 heterocycles. The molecule has 0 atom stereocenters. The molecule has 3 rings (SSSR count). The normalized spacial score (nSPS) is 16.0. The number of rotatable bonds is 4. The predicted molar refractivity (Wildman–Crippen MR) is 92.1 cm³/mol. The van der Waals surface area contributed by atoms with Gasteiger partial charge in [0, 0.05) is 24.7 Å². The first-order valence-electron chi connectivity index (χ1n) is 8.08. The van der Waals surface area contributed by atoms with Crippen molar-refractivity contribution in [2.24, 2.45) is 0 Å². The Kier molecular flexibility index (Phi) is 5.15. The summed E-state index contributed by atoms with van der Waals surface area (Å²) < 4.78 is 40.6. The lowest BCUT2D eigenvalue weighted by Crippen LogP contribution is -2.46. The van der Waals surface area contributed by atoms with Crippen molar-refractivity contribution in [2.75, 3.05) is 13.1 Å². The van der Waals surface area contributed by atoms with Gasteiger partial charge >= 0.3 is 0 Å². The van der Waals surface area contributed by atoms with Gasteiger partial charge in [-0.2, -0.15) is 0 Å². The van der Waals surface area contributed by atoms with Crippen LogP contribution in [-0.2, 0) is 10.0 Å². The zero-order valence-electron chi connectivity index (χ0n) is 13.6. The van der Waals surface area contributed by atoms with Gasteiger partial charge in [0.2, 0.25) is 10.0 Å². The molecule has 0 unspecified atom stereocenters. The second-order valence-corrected chi connectivity index (χ2v) is 7.73. The summed E-state index contributed by atoms with van der Waals surface area (Å²) in [6.07, 6.45) is 1.04. The second kappa shape index (κ2) is 7.33. The quantitative estimate of drug-likeness (QED) is 0.908. The molecule has 7 heteroatoms. The van der Waals surface area contributed by atoms with Crippen LogP contribution in [0.4, 0.5) is 4.39 Å². The van der Waals surface area contributed by atoms with E-state index in [1.807, 2.05) is 0 Å². The molecule has 2 aromatic carbocycles. The topological polar surface area (TPSA) is 66.5 Å². The van der Waals surface area contributed by atoms with E-state index < -0.39 is 15.8 Å². The van der Waals surface area contributed by atoms with Gasteiger partial charge in [0.15, 0.2) is 0 Å². The number of benzene rings is 2. The summed E-state index contributed by atoms with van der Waals surface area (Å²) in [7, 11) is -3.56. The number of sulfonamides is 1. The van der Waals surface area contributed by atoms with E-state index in [2.05, 4.69) is 4.72 Å². The van der Waals surface area contributed by atoms with E-state index in [4.69, 9.17) is 0 Å². The molecule has 1 N–H and O–H groups in total. The number of carbonyl (C=O) groups is 1. The van der Waals surface area contributed by atoms with Crippen molar-refractivity contribution in [1.82, 2.24) is 9.62 Å². The van der Waals surface area contributed by atoms with Gasteiger partial charge in [0.25, 0.3) is 5.91 Å². The molecule has 1 aliphatic rings. The van der Waals surface area contributed by atoms with Crippen LogP contribution in [0.3, 0.4) is 0 Å². The van der Waals surface area contributed by atoms with Crippen LogP contribution in [0.15, 0.2) is 59.5 Å². The SMILES string of the molecule is O=C(c1cccc(F)c1)N1CCC(NS(=O)(=O)c2ccccc2)CC1. The average Bonchev–Trinajstić information content (AvgIpc) is 2.62. The Balaban J connectivity index is 1.60. The van der Waals surface area contributed by atoms with E-state index in [9.17, 15) is 17.6 Å². The Hall–Kier alpha value is -2.25. The van der Waals surface area contributed by atoms with Gasteiger partial charge in [-0.25, -0.2) is 17.5 Å². The zero-order valence-corrected chi connectivity index (χ0v) is 14.4. The maximum atomic E-state index is 13.3. The molecule has 0 aromatic heterocycles. The van der Waals surface area contributed by atoms with Crippen LogP contribution in [0.25, 0.3) is 0 Å². The molecule has 0 bridgehead atoms. The lowest BCUT2D eigenvalue weighted by molar-refractivity contribution is 0.0711. The molecule has 1 amide bonds. The molecule has 1 aliphatic heterocycles. The van der Waals surface area contributed by atoms with Crippen LogP contribution in [0.2, 0.25) is 0 Å². The number of nitrogens with zero attached hydrogens (tertiary/aromatic N) is 1. The van der Waals surface area contributed by atoms with Gasteiger partial charge < -0.3 is 4.90 Å². The monoisotopic (exact) mass is 362 g/mol. The Morgan fingerprint density at radius 1 is 1.04 bits per heavy atom. The summed E-state index contributed by atoms with van der Waals surface area (Å²) in [5, 5.41) is 0. The van der Waals surface area contributed by atoms with E-state index in [-0.39, 0.29) is 16.8 Å². The van der Waals surface area contributed by atoms with Crippen LogP contribution in [0.5, 0.6) is 0 Å². The molecule has 1 saturated heterocycles. The minimum absolute atomic E-state index is 0.221. The minimum atomic E-state index is -3.56. The Labute approximate surface area is 146 Å². The summed E-state index contributed by atoms with van der Waals surface area (Å²) in [4.78, 5) is 14.2. The molecular weight excluding hydrogens is 343 g/mol. The Morgan fingerprint density at radius 2 is 1.72 bits per heavy atom. The Morgan fingerprint density at radius 3 is 2.36 bits per heavy atom. The summed E-state index contributed by atoms with van der Waals surface area (Å²) in [6.45, 7) is 0.856. The molecule has 0 saturated carbocycles. The molecule has 2 aromatic rings. The fourth-order valence-electron chi connectivity index (χ4n) is 2.89. The first kappa shape index (κ1) is 17.6. The molecule has 132 valence electrons. The summed E-state index contributed by atoms with van der Waals surface area (Å²) in [6, 6.07) is 13.6. The first-order chi connectivity index (χ1) is 12.0. The van der Waals surface area contributed by atoms with Gasteiger partial charge in [-0.05, 0) is 43.2 Å². The number of carbonyl (C=O) groups excluding carboxylic acids is 1. The van der Waals surface area contributed by atoms with Crippen molar-refractivity contribution in [3.05, 3.63) is 66.0 Å². The molecule has 0 radical (unpaired) electrons.